The fraction of sp³-hybridized carbons (Fsp3) is 0.333. The molecule has 0 radical (unpaired) electrons. The van der Waals surface area contributed by atoms with Crippen molar-refractivity contribution in [3.8, 4) is 11.3 Å². The van der Waals surface area contributed by atoms with Crippen molar-refractivity contribution in [1.82, 2.24) is 9.97 Å². The van der Waals surface area contributed by atoms with Gasteiger partial charge in [-0.3, -0.25) is 0 Å². The monoisotopic (exact) mass is 309 g/mol. The summed E-state index contributed by atoms with van der Waals surface area (Å²) >= 11 is 6.10. The molecule has 0 aliphatic rings. The standard InChI is InChI=1S/C15H17ClFN3O/c1-3-18-14-8-13(19-15(20-14)9-21-4-2)11-6-5-10(17)7-12(11)16/h5-8H,3-4,9H2,1-2H3,(H,18,19,20). The zero-order valence-corrected chi connectivity index (χ0v) is 12.7. The lowest BCUT2D eigenvalue weighted by Gasteiger charge is -2.10. The zero-order chi connectivity index (χ0) is 15.2. The summed E-state index contributed by atoms with van der Waals surface area (Å²) in [6, 6.07) is 6.03. The number of anilines is 1. The van der Waals surface area contributed by atoms with Crippen molar-refractivity contribution >= 4 is 17.4 Å². The second-order valence-corrected chi connectivity index (χ2v) is 4.75. The summed E-state index contributed by atoms with van der Waals surface area (Å²) in [5.74, 6) is 0.877. The summed E-state index contributed by atoms with van der Waals surface area (Å²) in [6.45, 7) is 5.53. The molecule has 0 amide bonds. The van der Waals surface area contributed by atoms with E-state index in [2.05, 4.69) is 15.3 Å². The van der Waals surface area contributed by atoms with Crippen molar-refractivity contribution in [1.29, 1.82) is 0 Å². The highest BCUT2D eigenvalue weighted by atomic mass is 35.5. The maximum absolute atomic E-state index is 13.2. The molecule has 0 aliphatic carbocycles. The Morgan fingerprint density at radius 3 is 2.71 bits per heavy atom. The Labute approximate surface area is 128 Å². The molecule has 4 nitrogen and oxygen atoms in total. The minimum Gasteiger partial charge on any atom is -0.374 e. The van der Waals surface area contributed by atoms with Crippen molar-refractivity contribution in [2.24, 2.45) is 0 Å². The van der Waals surface area contributed by atoms with Gasteiger partial charge in [0.05, 0.1) is 10.7 Å². The van der Waals surface area contributed by atoms with E-state index in [9.17, 15) is 4.39 Å². The molecular formula is C15H17ClFN3O. The van der Waals surface area contributed by atoms with Gasteiger partial charge in [0, 0.05) is 24.8 Å². The second-order valence-electron chi connectivity index (χ2n) is 4.35. The molecule has 21 heavy (non-hydrogen) atoms. The number of nitrogens with one attached hydrogen (secondary N) is 1. The summed E-state index contributed by atoms with van der Waals surface area (Å²) in [6.07, 6.45) is 0. The predicted molar refractivity (Wildman–Crippen MR) is 81.9 cm³/mol. The van der Waals surface area contributed by atoms with Gasteiger partial charge < -0.3 is 10.1 Å². The Bertz CT molecular complexity index is 622. The van der Waals surface area contributed by atoms with Crippen LogP contribution in [0.15, 0.2) is 24.3 Å². The molecule has 0 aliphatic heterocycles. The van der Waals surface area contributed by atoms with Crippen LogP contribution in [-0.4, -0.2) is 23.1 Å². The number of ether oxygens (including phenoxy) is 1. The quantitative estimate of drug-likeness (QED) is 0.879. The molecular weight excluding hydrogens is 293 g/mol. The van der Waals surface area contributed by atoms with Crippen molar-refractivity contribution in [2.45, 2.75) is 20.5 Å². The average Bonchev–Trinajstić information content (AvgIpc) is 2.45. The van der Waals surface area contributed by atoms with E-state index in [0.717, 1.165) is 6.54 Å². The number of nitrogens with zero attached hydrogens (tertiary/aromatic N) is 2. The Kier molecular flexibility index (Phi) is 5.47. The molecule has 0 fully saturated rings. The molecule has 0 atom stereocenters. The third-order valence-corrected chi connectivity index (χ3v) is 3.09. The molecule has 1 N–H and O–H groups in total. The normalized spacial score (nSPS) is 10.7. The van der Waals surface area contributed by atoms with Gasteiger partial charge in [0.25, 0.3) is 0 Å². The SMILES string of the molecule is CCNc1cc(-c2ccc(F)cc2Cl)nc(COCC)n1. The van der Waals surface area contributed by atoms with E-state index in [1.54, 1.807) is 12.1 Å². The lowest BCUT2D eigenvalue weighted by molar-refractivity contribution is 0.128. The molecule has 0 unspecified atom stereocenters. The van der Waals surface area contributed by atoms with Crippen LogP contribution in [0.5, 0.6) is 0 Å². The molecule has 0 saturated heterocycles. The molecule has 1 aromatic heterocycles. The van der Waals surface area contributed by atoms with Crippen LogP contribution in [0.2, 0.25) is 5.02 Å². The van der Waals surface area contributed by atoms with E-state index in [1.807, 2.05) is 13.8 Å². The van der Waals surface area contributed by atoms with Gasteiger partial charge in [-0.25, -0.2) is 14.4 Å². The van der Waals surface area contributed by atoms with Crippen molar-refractivity contribution in [2.75, 3.05) is 18.5 Å². The molecule has 2 aromatic rings. The Balaban J connectivity index is 2.43. The van der Waals surface area contributed by atoms with E-state index in [4.69, 9.17) is 16.3 Å². The minimum atomic E-state index is -0.376. The van der Waals surface area contributed by atoms with Gasteiger partial charge in [0.1, 0.15) is 18.2 Å². The number of halogens is 2. The van der Waals surface area contributed by atoms with Crippen LogP contribution < -0.4 is 5.32 Å². The summed E-state index contributed by atoms with van der Waals surface area (Å²) < 4.78 is 18.5. The number of rotatable bonds is 6. The van der Waals surface area contributed by atoms with Gasteiger partial charge in [-0.05, 0) is 32.0 Å². The first-order valence-electron chi connectivity index (χ1n) is 6.79. The Morgan fingerprint density at radius 1 is 1.24 bits per heavy atom. The average molecular weight is 310 g/mol. The highest BCUT2D eigenvalue weighted by Crippen LogP contribution is 2.28. The van der Waals surface area contributed by atoms with Crippen molar-refractivity contribution < 1.29 is 9.13 Å². The second kappa shape index (κ2) is 7.33. The van der Waals surface area contributed by atoms with Gasteiger partial charge in [-0.15, -0.1) is 0 Å². The zero-order valence-electron chi connectivity index (χ0n) is 12.0. The summed E-state index contributed by atoms with van der Waals surface area (Å²) in [7, 11) is 0. The first-order valence-corrected chi connectivity index (χ1v) is 7.16. The number of benzene rings is 1. The molecule has 0 spiro atoms. The topological polar surface area (TPSA) is 47.0 Å². The molecule has 6 heteroatoms. The fourth-order valence-electron chi connectivity index (χ4n) is 1.86. The predicted octanol–water partition coefficient (Wildman–Crippen LogP) is 3.90. The van der Waals surface area contributed by atoms with Gasteiger partial charge in [0.15, 0.2) is 5.82 Å². The third kappa shape index (κ3) is 4.12. The lowest BCUT2D eigenvalue weighted by atomic mass is 10.1. The van der Waals surface area contributed by atoms with Crippen molar-refractivity contribution in [3.63, 3.8) is 0 Å². The van der Waals surface area contributed by atoms with E-state index in [0.29, 0.717) is 41.1 Å². The number of hydrogen-bond acceptors (Lipinski definition) is 4. The Morgan fingerprint density at radius 2 is 2.05 bits per heavy atom. The van der Waals surface area contributed by atoms with Gasteiger partial charge in [-0.1, -0.05) is 11.6 Å². The maximum atomic E-state index is 13.2. The molecule has 112 valence electrons. The number of aromatic nitrogens is 2. The highest BCUT2D eigenvalue weighted by molar-refractivity contribution is 6.33. The summed E-state index contributed by atoms with van der Waals surface area (Å²) in [5, 5.41) is 3.46. The van der Waals surface area contributed by atoms with E-state index >= 15 is 0 Å². The van der Waals surface area contributed by atoms with Crippen LogP contribution in [0, 0.1) is 5.82 Å². The Hall–Kier alpha value is -1.72. The van der Waals surface area contributed by atoms with Gasteiger partial charge in [-0.2, -0.15) is 0 Å². The molecule has 0 saturated carbocycles. The van der Waals surface area contributed by atoms with E-state index in [1.165, 1.54) is 12.1 Å². The lowest BCUT2D eigenvalue weighted by Crippen LogP contribution is -2.06. The van der Waals surface area contributed by atoms with Crippen LogP contribution >= 0.6 is 11.6 Å². The summed E-state index contributed by atoms with van der Waals surface area (Å²) in [5.41, 5.74) is 1.30. The minimum absolute atomic E-state index is 0.318. The van der Waals surface area contributed by atoms with Gasteiger partial charge >= 0.3 is 0 Å². The van der Waals surface area contributed by atoms with Crippen LogP contribution in [0.1, 0.15) is 19.7 Å². The largest absolute Gasteiger partial charge is 0.374 e. The van der Waals surface area contributed by atoms with Crippen molar-refractivity contribution in [3.05, 3.63) is 40.9 Å². The smallest absolute Gasteiger partial charge is 0.157 e. The van der Waals surface area contributed by atoms with Crippen LogP contribution in [0.4, 0.5) is 10.2 Å². The molecule has 1 aromatic carbocycles. The third-order valence-electron chi connectivity index (χ3n) is 2.77. The molecule has 0 bridgehead atoms. The van der Waals surface area contributed by atoms with Crippen LogP contribution in [0.25, 0.3) is 11.3 Å². The van der Waals surface area contributed by atoms with Crippen LogP contribution in [-0.2, 0) is 11.3 Å². The first kappa shape index (κ1) is 15.7. The fourth-order valence-corrected chi connectivity index (χ4v) is 2.13. The van der Waals surface area contributed by atoms with Crippen LogP contribution in [0.3, 0.4) is 0 Å². The van der Waals surface area contributed by atoms with E-state index < -0.39 is 0 Å². The summed E-state index contributed by atoms with van der Waals surface area (Å²) in [4.78, 5) is 8.80. The molecule has 1 heterocycles. The van der Waals surface area contributed by atoms with E-state index in [-0.39, 0.29) is 5.82 Å². The number of hydrogen-bond donors (Lipinski definition) is 1. The van der Waals surface area contributed by atoms with Gasteiger partial charge in [0.2, 0.25) is 0 Å². The maximum Gasteiger partial charge on any atom is 0.157 e. The molecule has 2 rings (SSSR count). The highest BCUT2D eigenvalue weighted by Gasteiger charge is 2.10. The first-order chi connectivity index (χ1) is 10.1.